The summed E-state index contributed by atoms with van der Waals surface area (Å²) in [6.07, 6.45) is 3.61. The van der Waals surface area contributed by atoms with Crippen LogP contribution < -0.4 is 25.8 Å². The molecule has 9 nitrogen and oxygen atoms in total. The standard InChI is InChI=1S/C25H30N4O5/c1-15(2)34-21-12-19-18(11-20(21)23(26)31)16(5-6-25(32)7-9-27-10-8-25)13-28-24(19)33-14-17-3-4-22(30)29-17/h11-13,15,17,27,32H,3-4,7-10,14H2,1-2H3,(H2,26,31)(H,29,30). The highest BCUT2D eigenvalue weighted by Gasteiger charge is 2.27. The topological polar surface area (TPSA) is 136 Å². The molecule has 0 aliphatic carbocycles. The van der Waals surface area contributed by atoms with Crippen molar-refractivity contribution >= 4 is 22.6 Å². The van der Waals surface area contributed by atoms with E-state index in [-0.39, 0.29) is 30.2 Å². The third-order valence-electron chi connectivity index (χ3n) is 5.95. The van der Waals surface area contributed by atoms with E-state index in [4.69, 9.17) is 15.2 Å². The molecular weight excluding hydrogens is 436 g/mol. The molecule has 0 bridgehead atoms. The van der Waals surface area contributed by atoms with Crippen LogP contribution in [-0.4, -0.2) is 59.3 Å². The van der Waals surface area contributed by atoms with Gasteiger partial charge in [0, 0.05) is 23.4 Å². The highest BCUT2D eigenvalue weighted by atomic mass is 16.5. The van der Waals surface area contributed by atoms with Gasteiger partial charge in [-0.3, -0.25) is 9.59 Å². The predicted molar refractivity (Wildman–Crippen MR) is 127 cm³/mol. The molecule has 0 spiro atoms. The molecule has 2 aromatic rings. The number of carbonyl (C=O) groups is 2. The van der Waals surface area contributed by atoms with Crippen LogP contribution in [0.4, 0.5) is 0 Å². The number of hydrogen-bond acceptors (Lipinski definition) is 7. The molecule has 34 heavy (non-hydrogen) atoms. The highest BCUT2D eigenvalue weighted by molar-refractivity contribution is 6.03. The number of pyridine rings is 1. The van der Waals surface area contributed by atoms with E-state index in [1.807, 2.05) is 13.8 Å². The van der Waals surface area contributed by atoms with E-state index in [2.05, 4.69) is 27.5 Å². The van der Waals surface area contributed by atoms with E-state index >= 15 is 0 Å². The SMILES string of the molecule is CC(C)Oc1cc2c(OCC3CCC(=O)N3)ncc(C#CC3(O)CCNCC3)c2cc1C(N)=O. The van der Waals surface area contributed by atoms with E-state index in [0.717, 1.165) is 0 Å². The Morgan fingerprint density at radius 1 is 1.32 bits per heavy atom. The van der Waals surface area contributed by atoms with Gasteiger partial charge in [0.1, 0.15) is 18.0 Å². The quantitative estimate of drug-likeness (QED) is 0.470. The lowest BCUT2D eigenvalue weighted by Crippen LogP contribution is -2.40. The minimum Gasteiger partial charge on any atom is -0.490 e. The van der Waals surface area contributed by atoms with Crippen molar-refractivity contribution in [2.75, 3.05) is 19.7 Å². The Kier molecular flexibility index (Phi) is 6.91. The lowest BCUT2D eigenvalue weighted by atomic mass is 9.92. The first-order valence-corrected chi connectivity index (χ1v) is 11.6. The van der Waals surface area contributed by atoms with Gasteiger partial charge in [0.25, 0.3) is 5.91 Å². The van der Waals surface area contributed by atoms with Gasteiger partial charge in [0.05, 0.1) is 23.3 Å². The van der Waals surface area contributed by atoms with Crippen LogP contribution in [0.2, 0.25) is 0 Å². The third-order valence-corrected chi connectivity index (χ3v) is 5.95. The van der Waals surface area contributed by atoms with Crippen LogP contribution in [0.15, 0.2) is 18.3 Å². The first-order valence-electron chi connectivity index (χ1n) is 11.6. The molecule has 9 heteroatoms. The largest absolute Gasteiger partial charge is 0.490 e. The Hall–Kier alpha value is -3.35. The van der Waals surface area contributed by atoms with Crippen LogP contribution in [-0.2, 0) is 4.79 Å². The smallest absolute Gasteiger partial charge is 0.252 e. The van der Waals surface area contributed by atoms with E-state index in [0.29, 0.717) is 66.7 Å². The fourth-order valence-electron chi connectivity index (χ4n) is 4.13. The molecule has 5 N–H and O–H groups in total. The first kappa shape index (κ1) is 23.8. The molecule has 1 atom stereocenters. The second-order valence-electron chi connectivity index (χ2n) is 9.05. The number of amides is 2. The summed E-state index contributed by atoms with van der Waals surface area (Å²) in [5.74, 6) is 6.11. The molecule has 4 rings (SSSR count). The zero-order valence-electron chi connectivity index (χ0n) is 19.4. The van der Waals surface area contributed by atoms with Crippen LogP contribution in [0.25, 0.3) is 10.8 Å². The monoisotopic (exact) mass is 466 g/mol. The molecule has 2 amide bonds. The lowest BCUT2D eigenvalue weighted by molar-refractivity contribution is -0.119. The van der Waals surface area contributed by atoms with E-state index in [1.54, 1.807) is 18.3 Å². The van der Waals surface area contributed by atoms with Gasteiger partial charge in [-0.2, -0.15) is 0 Å². The van der Waals surface area contributed by atoms with Crippen LogP contribution in [0.5, 0.6) is 11.6 Å². The molecule has 1 aromatic heterocycles. The van der Waals surface area contributed by atoms with Crippen molar-refractivity contribution < 1.29 is 24.2 Å². The van der Waals surface area contributed by atoms with Crippen molar-refractivity contribution in [2.45, 2.75) is 57.3 Å². The molecular formula is C25H30N4O5. The van der Waals surface area contributed by atoms with Crippen molar-refractivity contribution in [3.05, 3.63) is 29.5 Å². The third kappa shape index (κ3) is 5.41. The molecule has 2 saturated heterocycles. The predicted octanol–water partition coefficient (Wildman–Crippen LogP) is 1.24. The number of rotatable bonds is 6. The number of aromatic nitrogens is 1. The molecule has 2 fully saturated rings. The van der Waals surface area contributed by atoms with Crippen molar-refractivity contribution in [3.8, 4) is 23.5 Å². The fourth-order valence-corrected chi connectivity index (χ4v) is 4.13. The molecule has 180 valence electrons. The zero-order chi connectivity index (χ0) is 24.3. The number of aliphatic hydroxyl groups is 1. The van der Waals surface area contributed by atoms with E-state index < -0.39 is 11.5 Å². The average Bonchev–Trinajstić information content (AvgIpc) is 3.21. The highest BCUT2D eigenvalue weighted by Crippen LogP contribution is 2.34. The summed E-state index contributed by atoms with van der Waals surface area (Å²) in [7, 11) is 0. The van der Waals surface area contributed by atoms with Gasteiger partial charge in [-0.15, -0.1) is 0 Å². The second kappa shape index (κ2) is 9.87. The van der Waals surface area contributed by atoms with E-state index in [9.17, 15) is 14.7 Å². The van der Waals surface area contributed by atoms with Crippen molar-refractivity contribution in [3.63, 3.8) is 0 Å². The second-order valence-corrected chi connectivity index (χ2v) is 9.05. The number of nitrogens with two attached hydrogens (primary N) is 1. The molecule has 2 aliphatic rings. The van der Waals surface area contributed by atoms with Crippen LogP contribution in [0, 0.1) is 11.8 Å². The van der Waals surface area contributed by atoms with Crippen molar-refractivity contribution in [1.29, 1.82) is 0 Å². The maximum atomic E-state index is 12.2. The number of primary amides is 1. The number of nitrogens with zero attached hydrogens (tertiary/aromatic N) is 1. The summed E-state index contributed by atoms with van der Waals surface area (Å²) in [5.41, 5.74) is 5.33. The minimum absolute atomic E-state index is 0.00612. The number of piperidine rings is 1. The molecule has 2 aliphatic heterocycles. The van der Waals surface area contributed by atoms with Crippen molar-refractivity contribution in [2.24, 2.45) is 5.73 Å². The minimum atomic E-state index is -1.08. The van der Waals surface area contributed by atoms with Gasteiger partial charge >= 0.3 is 0 Å². The van der Waals surface area contributed by atoms with Gasteiger partial charge in [0.2, 0.25) is 11.8 Å². The molecule has 1 unspecified atom stereocenters. The summed E-state index contributed by atoms with van der Waals surface area (Å²) in [4.78, 5) is 28.2. The number of ether oxygens (including phenoxy) is 2. The van der Waals surface area contributed by atoms with Crippen molar-refractivity contribution in [1.82, 2.24) is 15.6 Å². The summed E-state index contributed by atoms with van der Waals surface area (Å²) in [6.45, 7) is 5.36. The van der Waals surface area contributed by atoms with E-state index in [1.165, 1.54) is 0 Å². The Morgan fingerprint density at radius 3 is 2.74 bits per heavy atom. The fraction of sp³-hybridized carbons (Fsp3) is 0.480. The number of carbonyl (C=O) groups excluding carboxylic acids is 2. The number of hydrogen-bond donors (Lipinski definition) is 4. The summed E-state index contributed by atoms with van der Waals surface area (Å²) in [6, 6.07) is 3.24. The van der Waals surface area contributed by atoms with Gasteiger partial charge in [-0.25, -0.2) is 4.98 Å². The normalized spacial score (nSPS) is 19.4. The van der Waals surface area contributed by atoms with Crippen LogP contribution in [0.1, 0.15) is 55.5 Å². The Morgan fingerprint density at radius 2 is 2.09 bits per heavy atom. The molecule has 3 heterocycles. The van der Waals surface area contributed by atoms with Gasteiger partial charge < -0.3 is 30.9 Å². The number of nitrogens with one attached hydrogen (secondary N) is 2. The lowest BCUT2D eigenvalue weighted by Gasteiger charge is -2.27. The molecule has 0 saturated carbocycles. The summed E-state index contributed by atoms with van der Waals surface area (Å²) < 4.78 is 11.8. The Labute approximate surface area is 198 Å². The van der Waals surface area contributed by atoms with Gasteiger partial charge in [-0.1, -0.05) is 11.8 Å². The maximum Gasteiger partial charge on any atom is 0.252 e. The summed E-state index contributed by atoms with van der Waals surface area (Å²) in [5, 5.41) is 18.1. The zero-order valence-corrected chi connectivity index (χ0v) is 19.4. The maximum absolute atomic E-state index is 12.2. The molecule has 0 radical (unpaired) electrons. The Balaban J connectivity index is 1.77. The van der Waals surface area contributed by atoms with Crippen LogP contribution in [0.3, 0.4) is 0 Å². The molecule has 1 aromatic carbocycles. The number of benzene rings is 1. The van der Waals surface area contributed by atoms with Crippen LogP contribution >= 0.6 is 0 Å². The van der Waals surface area contributed by atoms with Gasteiger partial charge in [-0.05, 0) is 58.3 Å². The average molecular weight is 467 g/mol. The van der Waals surface area contributed by atoms with Gasteiger partial charge in [0.15, 0.2) is 0 Å². The Bertz CT molecular complexity index is 1160. The summed E-state index contributed by atoms with van der Waals surface area (Å²) >= 11 is 0. The number of fused-ring (bicyclic) bond motifs is 1. The first-order chi connectivity index (χ1) is 16.2.